The number of morpholine rings is 2. The van der Waals surface area contributed by atoms with Crippen LogP contribution in [0.1, 0.15) is 88.0 Å². The summed E-state index contributed by atoms with van der Waals surface area (Å²) in [6, 6.07) is 16.7. The molecule has 0 spiro atoms. The Labute approximate surface area is 481 Å². The van der Waals surface area contributed by atoms with Gasteiger partial charge in [-0.2, -0.15) is 0 Å². The van der Waals surface area contributed by atoms with Gasteiger partial charge in [-0.25, -0.2) is 8.78 Å². The normalized spacial score (nSPS) is 25.1. The second-order valence-corrected chi connectivity index (χ2v) is 25.2. The van der Waals surface area contributed by atoms with E-state index < -0.39 is 10.8 Å². The van der Waals surface area contributed by atoms with E-state index in [-0.39, 0.29) is 84.0 Å². The molecule has 4 saturated heterocycles. The highest BCUT2D eigenvalue weighted by Gasteiger charge is 2.43. The predicted molar refractivity (Wildman–Crippen MR) is 312 cm³/mol. The lowest BCUT2D eigenvalue weighted by Crippen LogP contribution is -2.61. The fraction of sp³-hybridized carbons (Fsp3) is 0.613. The number of nitrogens with zero attached hydrogens (tertiary/aromatic N) is 6. The number of benzene rings is 2. The summed E-state index contributed by atoms with van der Waals surface area (Å²) >= 11 is 0. The molecule has 2 aromatic heterocycles. The number of fused-ring (bicyclic) bond motifs is 2. The molecule has 2 aromatic carbocycles. The molecule has 0 bridgehead atoms. The van der Waals surface area contributed by atoms with Crippen LogP contribution in [0.4, 0.5) is 20.2 Å². The zero-order valence-electron chi connectivity index (χ0n) is 48.9. The predicted octanol–water partition coefficient (Wildman–Crippen LogP) is 4.01. The molecule has 2 amide bonds. The molecule has 0 aliphatic carbocycles. The van der Waals surface area contributed by atoms with E-state index in [2.05, 4.69) is 81.7 Å². The molecule has 4 fully saturated rings. The van der Waals surface area contributed by atoms with Crippen molar-refractivity contribution in [3.8, 4) is 0 Å². The topological polar surface area (TPSA) is 180 Å². The van der Waals surface area contributed by atoms with E-state index in [0.717, 1.165) is 112 Å². The summed E-state index contributed by atoms with van der Waals surface area (Å²) in [4.78, 5) is 74.5. The summed E-state index contributed by atoms with van der Waals surface area (Å²) in [5.74, 6) is -0.645. The third kappa shape index (κ3) is 14.8. The Bertz CT molecular complexity index is 2760. The van der Waals surface area contributed by atoms with E-state index in [1.165, 1.54) is 24.3 Å². The maximum absolute atomic E-state index is 14.3. The lowest BCUT2D eigenvalue weighted by Gasteiger charge is -2.43. The molecular formula is C62H86F2N10O8. The van der Waals surface area contributed by atoms with Crippen LogP contribution in [-0.4, -0.2) is 209 Å². The van der Waals surface area contributed by atoms with Gasteiger partial charge in [-0.05, 0) is 74.2 Å². The number of carbonyl (C=O) groups excluding carboxylic acids is 2. The van der Waals surface area contributed by atoms with Gasteiger partial charge >= 0.3 is 0 Å². The van der Waals surface area contributed by atoms with Crippen LogP contribution in [0.2, 0.25) is 0 Å². The number of unbranched alkanes of at least 4 members (excludes halogenated alkanes) is 1. The average molecular weight is 1140 g/mol. The lowest BCUT2D eigenvalue weighted by atomic mass is 9.91. The first-order chi connectivity index (χ1) is 39.3. The number of aromatic nitrogens is 2. The highest BCUT2D eigenvalue weighted by atomic mass is 19.1. The zero-order valence-corrected chi connectivity index (χ0v) is 48.9. The van der Waals surface area contributed by atoms with E-state index in [0.29, 0.717) is 76.7 Å². The van der Waals surface area contributed by atoms with E-state index in [1.54, 1.807) is 24.3 Å². The largest absolute Gasteiger partial charge is 0.379 e. The van der Waals surface area contributed by atoms with Crippen molar-refractivity contribution in [1.29, 1.82) is 0 Å². The Morgan fingerprint density at radius 2 is 1.01 bits per heavy atom. The molecule has 82 heavy (non-hydrogen) atoms. The number of H-pyrrole nitrogens is 2. The minimum Gasteiger partial charge on any atom is -0.379 e. The highest BCUT2D eigenvalue weighted by molar-refractivity contribution is 5.98. The van der Waals surface area contributed by atoms with Crippen LogP contribution in [0, 0.1) is 11.6 Å². The first-order valence-electron chi connectivity index (χ1n) is 29.8. The van der Waals surface area contributed by atoms with Crippen molar-refractivity contribution in [3.05, 3.63) is 127 Å². The maximum atomic E-state index is 14.3. The number of aromatic amines is 2. The summed E-state index contributed by atoms with van der Waals surface area (Å²) in [7, 11) is 0. The van der Waals surface area contributed by atoms with Gasteiger partial charge in [0, 0.05) is 162 Å². The van der Waals surface area contributed by atoms with Crippen molar-refractivity contribution in [2.24, 2.45) is 0 Å². The fourth-order valence-electron chi connectivity index (χ4n) is 12.9. The van der Waals surface area contributed by atoms with Gasteiger partial charge in [0.25, 0.3) is 11.1 Å². The molecule has 6 aliphatic rings. The van der Waals surface area contributed by atoms with Gasteiger partial charge in [0.2, 0.25) is 11.8 Å². The van der Waals surface area contributed by atoms with Crippen LogP contribution in [0.15, 0.2) is 70.3 Å². The number of piperazine rings is 2. The molecule has 0 unspecified atom stereocenters. The van der Waals surface area contributed by atoms with Crippen LogP contribution in [0.3, 0.4) is 0 Å². The number of amides is 2. The third-order valence-corrected chi connectivity index (χ3v) is 17.4. The van der Waals surface area contributed by atoms with Crippen molar-refractivity contribution in [1.82, 2.24) is 40.2 Å². The van der Waals surface area contributed by atoms with Gasteiger partial charge in [-0.1, -0.05) is 52.0 Å². The second kappa shape index (κ2) is 26.3. The molecule has 0 radical (unpaired) electrons. The summed E-state index contributed by atoms with van der Waals surface area (Å²) in [6.07, 6.45) is 2.31. The Balaban J connectivity index is 0.633. The van der Waals surface area contributed by atoms with Gasteiger partial charge in [0.05, 0.1) is 63.1 Å². The van der Waals surface area contributed by atoms with Gasteiger partial charge in [-0.15, -0.1) is 0 Å². The molecule has 446 valence electrons. The number of anilines is 2. The number of hydrogen-bond acceptors (Lipinski definition) is 14. The lowest BCUT2D eigenvalue weighted by molar-refractivity contribution is -0.122. The first-order valence-corrected chi connectivity index (χ1v) is 29.8. The van der Waals surface area contributed by atoms with Gasteiger partial charge < -0.3 is 49.3 Å². The number of hydrogen-bond donors (Lipinski definition) is 4. The summed E-state index contributed by atoms with van der Waals surface area (Å²) in [5, 5.41) is 7.28. The molecule has 20 heteroatoms. The van der Waals surface area contributed by atoms with Crippen molar-refractivity contribution in [2.45, 2.75) is 114 Å². The smallest absolute Gasteiger partial charge is 0.251 e. The monoisotopic (exact) mass is 1140 g/mol. The second-order valence-electron chi connectivity index (χ2n) is 25.2. The van der Waals surface area contributed by atoms with Crippen LogP contribution < -0.4 is 31.6 Å². The molecule has 8 heterocycles. The van der Waals surface area contributed by atoms with Crippen molar-refractivity contribution in [3.63, 3.8) is 0 Å². The van der Waals surface area contributed by atoms with E-state index >= 15 is 0 Å². The minimum atomic E-state index is -0.427. The van der Waals surface area contributed by atoms with Crippen LogP contribution in [-0.2, 0) is 52.2 Å². The minimum absolute atomic E-state index is 0.00471. The molecule has 0 saturated carbocycles. The Morgan fingerprint density at radius 1 is 0.610 bits per heavy atom. The van der Waals surface area contributed by atoms with E-state index in [4.69, 9.17) is 18.9 Å². The van der Waals surface area contributed by atoms with E-state index in [1.807, 2.05) is 21.9 Å². The quantitative estimate of drug-likeness (QED) is 0.0880. The third-order valence-electron chi connectivity index (χ3n) is 17.4. The van der Waals surface area contributed by atoms with Crippen molar-refractivity contribution < 1.29 is 37.3 Å². The number of halogens is 2. The summed E-state index contributed by atoms with van der Waals surface area (Å²) < 4.78 is 51.9. The first kappa shape index (κ1) is 59.9. The zero-order chi connectivity index (χ0) is 57.7. The van der Waals surface area contributed by atoms with Crippen LogP contribution in [0.25, 0.3) is 0 Å². The number of rotatable bonds is 21. The number of nitrogens with one attached hydrogen (secondary N) is 4. The maximum Gasteiger partial charge on any atom is 0.251 e. The number of carbonyl (C=O) groups is 2. The Hall–Kier alpha value is -5.26. The molecule has 6 aliphatic heterocycles. The molecular weight excluding hydrogens is 1050 g/mol. The van der Waals surface area contributed by atoms with Gasteiger partial charge in [0.15, 0.2) is 0 Å². The van der Waals surface area contributed by atoms with Crippen LogP contribution >= 0.6 is 0 Å². The molecule has 4 N–H and O–H groups in total. The number of pyridine rings is 2. The van der Waals surface area contributed by atoms with Gasteiger partial charge in [-0.3, -0.25) is 38.8 Å². The average Bonchev–Trinajstić information content (AvgIpc) is 3.75. The molecule has 6 atom stereocenters. The van der Waals surface area contributed by atoms with Gasteiger partial charge in [0.1, 0.15) is 11.6 Å². The standard InChI is InChI=1S/C62H86F2N10O8/c1-41-29-71(35-55(75)73-39-61(3,4)57-53(73)25-45(59(77)67-57)23-43-9-13-47(63)14-10-43)49(27-65-41)31-69-17-21-81-51(33-69)37-79-19-7-8-20-80-38-52-34-70(18-22-82-52)32-50-28-66-42(2)30-72(50)36-56(76)74-40-62(5,6)58-54(74)26-46(60(78)68-58)24-44-11-15-48(64)16-12-44/h9-16,25-26,41-42,49-52,65-66H,7-8,17-24,27-40H2,1-6H3,(H,67,77)(H,68,78)/t41-,42-,49-,50-,51+,52+/m1/s1. The Morgan fingerprint density at radius 3 is 1.41 bits per heavy atom. The van der Waals surface area contributed by atoms with Crippen LogP contribution in [0.5, 0.6) is 0 Å². The van der Waals surface area contributed by atoms with Crippen molar-refractivity contribution >= 4 is 23.2 Å². The van der Waals surface area contributed by atoms with E-state index in [9.17, 15) is 28.0 Å². The van der Waals surface area contributed by atoms with Crippen molar-refractivity contribution in [2.75, 3.05) is 141 Å². The Kier molecular flexibility index (Phi) is 19.2. The summed E-state index contributed by atoms with van der Waals surface area (Å²) in [6.45, 7) is 25.2. The summed E-state index contributed by atoms with van der Waals surface area (Å²) in [5.41, 5.74) is 4.52. The SMILES string of the molecule is C[C@@H]1CN(CC(=O)N2CC(C)(C)c3[nH]c(=O)c(Cc4ccc(F)cc4)cc32)[C@@H](CN2CCO[C@H](COCCCCOC[C@@H]3CN(C[C@H]4CN[C@H](C)CN4CC(=O)N4CC(C)(C)c5[nH]c(=O)c(Cc6ccc(F)cc6)cc54)CCO3)C2)CN1. The molecule has 4 aromatic rings. The highest BCUT2D eigenvalue weighted by Crippen LogP contribution is 2.40. The number of ether oxygens (including phenoxy) is 4. The fourth-order valence-corrected chi connectivity index (χ4v) is 12.9. The molecule has 10 rings (SSSR count). The molecule has 18 nitrogen and oxygen atoms in total.